The predicted molar refractivity (Wildman–Crippen MR) is 120 cm³/mol. The van der Waals surface area contributed by atoms with E-state index in [1.807, 2.05) is 31.2 Å². The lowest BCUT2D eigenvalue weighted by molar-refractivity contribution is -0.115. The molecule has 1 aromatic carbocycles. The fourth-order valence-corrected chi connectivity index (χ4v) is 3.50. The van der Waals surface area contributed by atoms with E-state index in [1.165, 1.54) is 42.9 Å². The topological polar surface area (TPSA) is 52.6 Å². The number of aliphatic hydroxyl groups is 1. The van der Waals surface area contributed by atoms with Crippen molar-refractivity contribution in [2.24, 2.45) is 0 Å². The van der Waals surface area contributed by atoms with Gasteiger partial charge in [-0.05, 0) is 75.7 Å². The van der Waals surface area contributed by atoms with E-state index in [1.54, 1.807) is 6.08 Å². The van der Waals surface area contributed by atoms with E-state index in [0.717, 1.165) is 37.9 Å². The van der Waals surface area contributed by atoms with Crippen molar-refractivity contribution in [2.75, 3.05) is 19.7 Å². The summed E-state index contributed by atoms with van der Waals surface area (Å²) in [5.74, 6) is -0.213. The third-order valence-corrected chi connectivity index (χ3v) is 5.31. The molecule has 0 spiro atoms. The molecule has 0 unspecified atom stereocenters. The molecule has 2 rings (SSSR count). The number of benzene rings is 1. The largest absolute Gasteiger partial charge is 0.396 e. The van der Waals surface area contributed by atoms with E-state index in [0.29, 0.717) is 5.11 Å². The summed E-state index contributed by atoms with van der Waals surface area (Å²) >= 11 is 5.49. The number of carbonyl (C=O) groups excluding carboxylic acids is 1. The maximum atomic E-state index is 12.3. The number of rotatable bonds is 9. The number of aryl methyl sites for hydroxylation is 1. The van der Waals surface area contributed by atoms with Crippen molar-refractivity contribution in [2.45, 2.75) is 51.9 Å². The number of hydrogen-bond donors (Lipinski definition) is 2. The van der Waals surface area contributed by atoms with Gasteiger partial charge in [-0.2, -0.15) is 0 Å². The molecule has 1 aliphatic carbocycles. The number of allylic oxidation sites excluding steroid dienone is 1. The van der Waals surface area contributed by atoms with Crippen LogP contribution in [0.1, 0.15) is 56.1 Å². The third-order valence-electron chi connectivity index (χ3n) is 4.95. The maximum Gasteiger partial charge on any atom is 0.250 e. The number of nitrogens with one attached hydrogen (secondary N) is 1. The van der Waals surface area contributed by atoms with E-state index < -0.39 is 0 Å². The van der Waals surface area contributed by atoms with Crippen LogP contribution in [-0.4, -0.2) is 40.7 Å². The van der Waals surface area contributed by atoms with Crippen molar-refractivity contribution >= 4 is 29.3 Å². The van der Waals surface area contributed by atoms with Crippen molar-refractivity contribution in [3.8, 4) is 0 Å². The first-order valence-corrected chi connectivity index (χ1v) is 10.6. The number of hydrogen-bond acceptors (Lipinski definition) is 3. The molecule has 1 aliphatic rings. The average molecular weight is 401 g/mol. The average Bonchev–Trinajstić information content (AvgIpc) is 2.71. The molecule has 152 valence electrons. The Morgan fingerprint density at radius 3 is 2.68 bits per heavy atom. The number of aliphatic hydroxyl groups excluding tert-OH is 1. The zero-order chi connectivity index (χ0) is 20.2. The molecular weight excluding hydrogens is 368 g/mol. The zero-order valence-corrected chi connectivity index (χ0v) is 17.6. The summed E-state index contributed by atoms with van der Waals surface area (Å²) < 4.78 is 0. The van der Waals surface area contributed by atoms with Crippen LogP contribution in [0.2, 0.25) is 0 Å². The smallest absolute Gasteiger partial charge is 0.250 e. The second-order valence-corrected chi connectivity index (χ2v) is 7.70. The molecule has 0 fully saturated rings. The van der Waals surface area contributed by atoms with Gasteiger partial charge in [0.2, 0.25) is 5.91 Å². The fourth-order valence-electron chi connectivity index (χ4n) is 3.22. The SMILES string of the molecule is Cc1ccc(/C=C/C(=O)NC(=S)N(CCCCO)CCC2=CCCCC2)cc1. The second-order valence-electron chi connectivity index (χ2n) is 7.31. The molecule has 0 radical (unpaired) electrons. The molecule has 2 N–H and O–H groups in total. The van der Waals surface area contributed by atoms with Crippen molar-refractivity contribution in [1.29, 1.82) is 0 Å². The number of unbranched alkanes of at least 4 members (excludes halogenated alkanes) is 1. The van der Waals surface area contributed by atoms with Crippen molar-refractivity contribution < 1.29 is 9.90 Å². The van der Waals surface area contributed by atoms with Crippen LogP contribution in [0.4, 0.5) is 0 Å². The van der Waals surface area contributed by atoms with Crippen molar-refractivity contribution in [3.05, 3.63) is 53.1 Å². The van der Waals surface area contributed by atoms with Crippen LogP contribution in [0.15, 0.2) is 42.0 Å². The van der Waals surface area contributed by atoms with Crippen LogP contribution in [0.3, 0.4) is 0 Å². The first kappa shape index (κ1) is 22.3. The van der Waals surface area contributed by atoms with E-state index in [-0.39, 0.29) is 12.5 Å². The molecule has 0 bridgehead atoms. The van der Waals surface area contributed by atoms with Crippen LogP contribution in [0, 0.1) is 6.92 Å². The van der Waals surface area contributed by atoms with E-state index in [9.17, 15) is 4.79 Å². The van der Waals surface area contributed by atoms with Gasteiger partial charge in [0.25, 0.3) is 0 Å². The Bertz CT molecular complexity index is 695. The Balaban J connectivity index is 1.88. The van der Waals surface area contributed by atoms with Gasteiger partial charge in [-0.1, -0.05) is 41.5 Å². The van der Waals surface area contributed by atoms with Gasteiger partial charge in [0, 0.05) is 25.8 Å². The van der Waals surface area contributed by atoms with Gasteiger partial charge in [0.15, 0.2) is 5.11 Å². The lowest BCUT2D eigenvalue weighted by Gasteiger charge is -2.26. The van der Waals surface area contributed by atoms with E-state index >= 15 is 0 Å². The van der Waals surface area contributed by atoms with Crippen molar-refractivity contribution in [3.63, 3.8) is 0 Å². The van der Waals surface area contributed by atoms with Crippen LogP contribution < -0.4 is 5.32 Å². The highest BCUT2D eigenvalue weighted by atomic mass is 32.1. The van der Waals surface area contributed by atoms with Gasteiger partial charge in [0.1, 0.15) is 0 Å². The second kappa shape index (κ2) is 12.5. The molecule has 0 aromatic heterocycles. The Labute approximate surface area is 174 Å². The Morgan fingerprint density at radius 2 is 2.00 bits per heavy atom. The Morgan fingerprint density at radius 1 is 1.21 bits per heavy atom. The number of carbonyl (C=O) groups is 1. The highest BCUT2D eigenvalue weighted by Crippen LogP contribution is 2.20. The van der Waals surface area contributed by atoms with Gasteiger partial charge in [-0.15, -0.1) is 0 Å². The first-order valence-electron chi connectivity index (χ1n) is 10.2. The maximum absolute atomic E-state index is 12.3. The summed E-state index contributed by atoms with van der Waals surface area (Å²) in [6.45, 7) is 3.76. The van der Waals surface area contributed by atoms with E-state index in [2.05, 4.69) is 16.3 Å². The fraction of sp³-hybridized carbons (Fsp3) is 0.478. The van der Waals surface area contributed by atoms with Crippen LogP contribution in [-0.2, 0) is 4.79 Å². The highest BCUT2D eigenvalue weighted by Gasteiger charge is 2.13. The summed E-state index contributed by atoms with van der Waals surface area (Å²) in [7, 11) is 0. The van der Waals surface area contributed by atoms with Gasteiger partial charge in [0.05, 0.1) is 0 Å². The minimum Gasteiger partial charge on any atom is -0.396 e. The summed E-state index contributed by atoms with van der Waals surface area (Å²) in [6.07, 6.45) is 13.1. The number of nitrogens with zero attached hydrogens (tertiary/aromatic N) is 1. The molecule has 0 heterocycles. The lowest BCUT2D eigenvalue weighted by Crippen LogP contribution is -2.43. The predicted octanol–water partition coefficient (Wildman–Crippen LogP) is 4.37. The standard InChI is InChI=1S/C23H32N2O2S/c1-19-9-11-21(12-10-19)13-14-22(27)24-23(28)25(16-5-6-18-26)17-15-20-7-3-2-4-8-20/h7,9-14,26H,2-6,8,15-18H2,1H3,(H,24,27,28)/b14-13+. The molecule has 1 aromatic rings. The molecule has 0 saturated carbocycles. The van der Waals surface area contributed by atoms with Gasteiger partial charge in [-0.3, -0.25) is 10.1 Å². The molecule has 1 amide bonds. The highest BCUT2D eigenvalue weighted by molar-refractivity contribution is 7.80. The van der Waals surface area contributed by atoms with Gasteiger partial charge in [-0.25, -0.2) is 0 Å². The Hall–Kier alpha value is -1.98. The normalized spacial score (nSPS) is 14.0. The molecule has 4 nitrogen and oxygen atoms in total. The summed E-state index contributed by atoms with van der Waals surface area (Å²) in [5.41, 5.74) is 3.66. The van der Waals surface area contributed by atoms with Gasteiger partial charge >= 0.3 is 0 Å². The molecule has 0 saturated heterocycles. The monoisotopic (exact) mass is 400 g/mol. The number of amides is 1. The van der Waals surface area contributed by atoms with E-state index in [4.69, 9.17) is 17.3 Å². The molecule has 0 aliphatic heterocycles. The van der Waals surface area contributed by atoms with Crippen LogP contribution in [0.25, 0.3) is 6.08 Å². The summed E-state index contributed by atoms with van der Waals surface area (Å²) in [5, 5.41) is 12.3. The zero-order valence-electron chi connectivity index (χ0n) is 16.8. The Kier molecular flexibility index (Phi) is 9.94. The number of thiocarbonyl (C=S) groups is 1. The molecule has 0 atom stereocenters. The van der Waals surface area contributed by atoms with Gasteiger partial charge < -0.3 is 10.0 Å². The minimum atomic E-state index is -0.213. The summed E-state index contributed by atoms with van der Waals surface area (Å²) in [6, 6.07) is 8.00. The first-order chi connectivity index (χ1) is 13.6. The van der Waals surface area contributed by atoms with Crippen molar-refractivity contribution in [1.82, 2.24) is 10.2 Å². The summed E-state index contributed by atoms with van der Waals surface area (Å²) in [4.78, 5) is 14.3. The molecular formula is C23H32N2O2S. The molecule has 28 heavy (non-hydrogen) atoms. The van der Waals surface area contributed by atoms with Crippen LogP contribution >= 0.6 is 12.2 Å². The van der Waals surface area contributed by atoms with Crippen LogP contribution in [0.5, 0.6) is 0 Å². The lowest BCUT2D eigenvalue weighted by atomic mass is 9.97. The quantitative estimate of drug-likeness (QED) is 0.280. The molecule has 5 heteroatoms. The third kappa shape index (κ3) is 8.36. The minimum absolute atomic E-state index is 0.178.